The van der Waals surface area contributed by atoms with E-state index >= 15 is 0 Å². The molecule has 0 aliphatic rings. The van der Waals surface area contributed by atoms with Crippen LogP contribution in [0.1, 0.15) is 0 Å². The summed E-state index contributed by atoms with van der Waals surface area (Å²) in [5.74, 6) is 0.655. The Bertz CT molecular complexity index is 387. The molecule has 0 fully saturated rings. The second kappa shape index (κ2) is 4.27. The summed E-state index contributed by atoms with van der Waals surface area (Å²) in [7, 11) is -2.70. The maximum absolute atomic E-state index is 10.3. The first-order valence-electron chi connectivity index (χ1n) is 3.65. The van der Waals surface area contributed by atoms with Gasteiger partial charge in [0, 0.05) is 0 Å². The van der Waals surface area contributed by atoms with Gasteiger partial charge in [-0.05, 0) is 24.3 Å². The summed E-state index contributed by atoms with van der Waals surface area (Å²) in [6, 6.07) is 6.48. The average molecular weight is 218 g/mol. The van der Waals surface area contributed by atoms with Gasteiger partial charge in [0.1, 0.15) is 5.75 Å². The standard InChI is InChI=1S/C7H10N2O4S/c1-13-7-4-2-6(3-5-7)8-9-14(10,11)12/h2-5,8-9H,1H3,(H,10,11,12). The minimum atomic E-state index is -4.23. The van der Waals surface area contributed by atoms with Crippen LogP contribution >= 0.6 is 0 Å². The molecule has 0 unspecified atom stereocenters. The first kappa shape index (κ1) is 10.8. The number of hydrogen-bond donors (Lipinski definition) is 3. The summed E-state index contributed by atoms with van der Waals surface area (Å²) in [4.78, 5) is 1.71. The molecule has 7 heteroatoms. The van der Waals surface area contributed by atoms with Crippen molar-refractivity contribution < 1.29 is 17.7 Å². The Labute approximate surface area is 81.7 Å². The van der Waals surface area contributed by atoms with Gasteiger partial charge < -0.3 is 10.2 Å². The zero-order valence-corrected chi connectivity index (χ0v) is 8.21. The molecule has 1 aromatic carbocycles. The van der Waals surface area contributed by atoms with Crippen LogP contribution in [0.25, 0.3) is 0 Å². The molecule has 0 bridgehead atoms. The highest BCUT2D eigenvalue weighted by Gasteiger charge is 2.01. The molecule has 0 aromatic heterocycles. The zero-order valence-electron chi connectivity index (χ0n) is 7.39. The minimum absolute atomic E-state index is 0.489. The smallest absolute Gasteiger partial charge is 0.350 e. The lowest BCUT2D eigenvalue weighted by molar-refractivity contribution is 0.415. The van der Waals surface area contributed by atoms with E-state index in [1.54, 1.807) is 29.1 Å². The van der Waals surface area contributed by atoms with E-state index in [1.807, 2.05) is 0 Å². The summed E-state index contributed by atoms with van der Waals surface area (Å²) in [6.07, 6.45) is 0. The van der Waals surface area contributed by atoms with Gasteiger partial charge in [0.2, 0.25) is 0 Å². The van der Waals surface area contributed by atoms with E-state index in [4.69, 9.17) is 9.29 Å². The Hall–Kier alpha value is -1.31. The predicted octanol–water partition coefficient (Wildman–Crippen LogP) is 0.414. The minimum Gasteiger partial charge on any atom is -0.497 e. The van der Waals surface area contributed by atoms with E-state index in [0.717, 1.165) is 0 Å². The topological polar surface area (TPSA) is 87.7 Å². The molecule has 3 N–H and O–H groups in total. The second-order valence-electron chi connectivity index (χ2n) is 2.43. The Kier molecular flexibility index (Phi) is 3.28. The number of methoxy groups -OCH3 is 1. The molecule has 1 rings (SSSR count). The fourth-order valence-electron chi connectivity index (χ4n) is 0.798. The molecule has 6 nitrogen and oxygen atoms in total. The highest BCUT2D eigenvalue weighted by atomic mass is 32.2. The normalized spacial score (nSPS) is 11.0. The average Bonchev–Trinajstić information content (AvgIpc) is 2.14. The highest BCUT2D eigenvalue weighted by molar-refractivity contribution is 7.83. The van der Waals surface area contributed by atoms with Crippen LogP contribution in [0.4, 0.5) is 5.69 Å². The van der Waals surface area contributed by atoms with E-state index < -0.39 is 10.3 Å². The second-order valence-corrected chi connectivity index (χ2v) is 3.58. The van der Waals surface area contributed by atoms with Gasteiger partial charge in [-0.15, -0.1) is 4.83 Å². The van der Waals surface area contributed by atoms with Gasteiger partial charge in [-0.1, -0.05) is 0 Å². The van der Waals surface area contributed by atoms with Gasteiger partial charge >= 0.3 is 10.3 Å². The molecule has 0 aliphatic heterocycles. The lowest BCUT2D eigenvalue weighted by atomic mass is 10.3. The Morgan fingerprint density at radius 2 is 1.86 bits per heavy atom. The van der Waals surface area contributed by atoms with Crippen LogP contribution in [0.15, 0.2) is 24.3 Å². The molecular weight excluding hydrogens is 208 g/mol. The number of anilines is 1. The third-order valence-electron chi connectivity index (χ3n) is 1.41. The third-order valence-corrected chi connectivity index (χ3v) is 1.77. The molecule has 0 radical (unpaired) electrons. The van der Waals surface area contributed by atoms with Gasteiger partial charge in [-0.25, -0.2) is 0 Å². The van der Waals surface area contributed by atoms with Crippen molar-refractivity contribution in [3.63, 3.8) is 0 Å². The van der Waals surface area contributed by atoms with Crippen LogP contribution in [0.5, 0.6) is 5.75 Å². The maximum Gasteiger partial charge on any atom is 0.350 e. The first-order chi connectivity index (χ1) is 6.51. The van der Waals surface area contributed by atoms with Crippen LogP contribution in [-0.2, 0) is 10.3 Å². The number of benzene rings is 1. The molecule has 14 heavy (non-hydrogen) atoms. The summed E-state index contributed by atoms with van der Waals surface area (Å²) < 4.78 is 33.8. The van der Waals surface area contributed by atoms with Crippen LogP contribution in [0, 0.1) is 0 Å². The van der Waals surface area contributed by atoms with Gasteiger partial charge in [0.05, 0.1) is 12.8 Å². The predicted molar refractivity (Wildman–Crippen MR) is 51.3 cm³/mol. The lowest BCUT2D eigenvalue weighted by Gasteiger charge is -2.05. The lowest BCUT2D eigenvalue weighted by Crippen LogP contribution is -2.28. The molecule has 0 atom stereocenters. The number of nitrogens with one attached hydrogen (secondary N) is 2. The van der Waals surface area contributed by atoms with Crippen molar-refractivity contribution >= 4 is 16.0 Å². The monoisotopic (exact) mass is 218 g/mol. The summed E-state index contributed by atoms with van der Waals surface area (Å²) in [5, 5.41) is 0. The van der Waals surface area contributed by atoms with Crippen molar-refractivity contribution in [3.05, 3.63) is 24.3 Å². The maximum atomic E-state index is 10.3. The molecule has 0 saturated heterocycles. The molecule has 0 aliphatic carbocycles. The molecule has 0 saturated carbocycles. The quantitative estimate of drug-likeness (QED) is 0.503. The van der Waals surface area contributed by atoms with Gasteiger partial charge in [-0.3, -0.25) is 4.55 Å². The highest BCUT2D eigenvalue weighted by Crippen LogP contribution is 2.13. The Balaban J connectivity index is 2.61. The van der Waals surface area contributed by atoms with Crippen LogP contribution < -0.4 is 15.0 Å². The van der Waals surface area contributed by atoms with Crippen molar-refractivity contribution in [1.29, 1.82) is 0 Å². The van der Waals surface area contributed by atoms with Crippen molar-refractivity contribution in [3.8, 4) is 5.75 Å². The first-order valence-corrected chi connectivity index (χ1v) is 5.09. The molecule has 78 valence electrons. The largest absolute Gasteiger partial charge is 0.497 e. The van der Waals surface area contributed by atoms with Crippen molar-refractivity contribution in [2.24, 2.45) is 0 Å². The Morgan fingerprint density at radius 3 is 2.29 bits per heavy atom. The van der Waals surface area contributed by atoms with E-state index in [0.29, 0.717) is 11.4 Å². The van der Waals surface area contributed by atoms with E-state index in [-0.39, 0.29) is 0 Å². The molecule has 1 aromatic rings. The summed E-state index contributed by atoms with van der Waals surface area (Å²) in [6.45, 7) is 0. The van der Waals surface area contributed by atoms with Crippen LogP contribution in [0.3, 0.4) is 0 Å². The summed E-state index contributed by atoms with van der Waals surface area (Å²) in [5.41, 5.74) is 2.78. The molecule has 0 spiro atoms. The SMILES string of the molecule is COc1ccc(NNS(=O)(=O)O)cc1. The van der Waals surface area contributed by atoms with Crippen LogP contribution in [0.2, 0.25) is 0 Å². The zero-order chi connectivity index (χ0) is 10.6. The van der Waals surface area contributed by atoms with E-state index in [2.05, 4.69) is 5.43 Å². The number of rotatable bonds is 4. The third kappa shape index (κ3) is 3.60. The number of hydrogen-bond acceptors (Lipinski definition) is 4. The Morgan fingerprint density at radius 1 is 1.29 bits per heavy atom. The van der Waals surface area contributed by atoms with E-state index in [9.17, 15) is 8.42 Å². The van der Waals surface area contributed by atoms with Crippen molar-refractivity contribution in [2.75, 3.05) is 12.5 Å². The van der Waals surface area contributed by atoms with Crippen LogP contribution in [-0.4, -0.2) is 20.1 Å². The number of ether oxygens (including phenoxy) is 1. The van der Waals surface area contributed by atoms with Gasteiger partial charge in [0.15, 0.2) is 0 Å². The fraction of sp³-hybridized carbons (Fsp3) is 0.143. The number of hydrazine groups is 1. The summed E-state index contributed by atoms with van der Waals surface area (Å²) >= 11 is 0. The molecular formula is C7H10N2O4S. The van der Waals surface area contributed by atoms with Gasteiger partial charge in [-0.2, -0.15) is 8.42 Å². The molecule has 0 amide bonds. The van der Waals surface area contributed by atoms with Crippen molar-refractivity contribution in [2.45, 2.75) is 0 Å². The van der Waals surface area contributed by atoms with Gasteiger partial charge in [0.25, 0.3) is 0 Å². The molecule has 0 heterocycles. The fourth-order valence-corrected chi connectivity index (χ4v) is 1.04. The van der Waals surface area contributed by atoms with E-state index in [1.165, 1.54) is 7.11 Å². The van der Waals surface area contributed by atoms with Crippen molar-refractivity contribution in [1.82, 2.24) is 4.83 Å².